The Hall–Kier alpha value is -0.963. The molecule has 0 spiro atoms. The van der Waals surface area contributed by atoms with Crippen molar-refractivity contribution in [3.63, 3.8) is 0 Å². The van der Waals surface area contributed by atoms with Gasteiger partial charge in [-0.05, 0) is 98.3 Å². The standard InChI is InChI=1S/C48H84O10Si/c1-15-16-18-23-42-41(33-50-45(5,6)57-42)43(58-59(13,14)44(2,3)4)31-40-30-39(55-48(11,12)56-40)29-38-28-37(53-47(9,10)54-38)27-36-26-35(51-46(7,8)52-36)24-25-49-32-34-21-19-17-20-22-34/h17,19-22,35-43H,15-16,18,23-33H2,1-14H3/t35-,36+,37-,38+,39+,40+,41-,42-,43+/m1/s1. The van der Waals surface area contributed by atoms with Gasteiger partial charge < -0.3 is 47.1 Å². The molecule has 0 N–H and O–H groups in total. The fraction of sp³-hybridized carbons (Fsp3) is 0.875. The van der Waals surface area contributed by atoms with Crippen LogP contribution in [0.1, 0.15) is 159 Å². The number of ether oxygens (including phenoxy) is 9. The molecule has 4 saturated heterocycles. The summed E-state index contributed by atoms with van der Waals surface area (Å²) in [6, 6.07) is 10.3. The van der Waals surface area contributed by atoms with Gasteiger partial charge in [0.05, 0.1) is 62.0 Å². The van der Waals surface area contributed by atoms with Crippen molar-refractivity contribution in [2.24, 2.45) is 5.92 Å². The van der Waals surface area contributed by atoms with Gasteiger partial charge in [-0.25, -0.2) is 0 Å². The number of hydrogen-bond acceptors (Lipinski definition) is 10. The predicted molar refractivity (Wildman–Crippen MR) is 234 cm³/mol. The summed E-state index contributed by atoms with van der Waals surface area (Å²) in [5.41, 5.74) is 1.18. The Morgan fingerprint density at radius 1 is 0.661 bits per heavy atom. The van der Waals surface area contributed by atoms with Crippen molar-refractivity contribution in [3.05, 3.63) is 35.9 Å². The van der Waals surface area contributed by atoms with Gasteiger partial charge in [0.25, 0.3) is 0 Å². The molecule has 11 heteroatoms. The third kappa shape index (κ3) is 15.4. The molecule has 10 nitrogen and oxygen atoms in total. The first-order chi connectivity index (χ1) is 27.4. The zero-order valence-corrected chi connectivity index (χ0v) is 40.6. The Balaban J connectivity index is 1.23. The largest absolute Gasteiger partial charge is 0.413 e. The Morgan fingerprint density at radius 2 is 1.17 bits per heavy atom. The lowest BCUT2D eigenvalue weighted by atomic mass is 9.86. The average Bonchev–Trinajstić information content (AvgIpc) is 3.07. The van der Waals surface area contributed by atoms with Crippen molar-refractivity contribution in [1.29, 1.82) is 0 Å². The van der Waals surface area contributed by atoms with E-state index in [0.717, 1.165) is 57.8 Å². The van der Waals surface area contributed by atoms with Crippen LogP contribution in [0.15, 0.2) is 30.3 Å². The van der Waals surface area contributed by atoms with E-state index < -0.39 is 31.5 Å². The first kappa shape index (κ1) is 49.1. The van der Waals surface area contributed by atoms with Gasteiger partial charge in [-0.1, -0.05) is 77.3 Å². The first-order valence-electron chi connectivity index (χ1n) is 23.1. The maximum atomic E-state index is 7.37. The van der Waals surface area contributed by atoms with Crippen molar-refractivity contribution in [2.75, 3.05) is 13.2 Å². The van der Waals surface area contributed by atoms with Crippen LogP contribution in [0, 0.1) is 5.92 Å². The number of rotatable bonds is 18. The SMILES string of the molecule is CCCCC[C@H]1OC(C)(C)OC[C@H]1[C@H](C[C@@H]1C[C@H](C[C@@H]2C[C@@H](C[C@@H]3C[C@@H](CCOCc4ccccc4)OC(C)(C)O3)OC(C)(C)O2)OC(C)(C)O1)O[Si](C)(C)C(C)(C)C. The van der Waals surface area contributed by atoms with Crippen molar-refractivity contribution in [1.82, 2.24) is 0 Å². The monoisotopic (exact) mass is 849 g/mol. The summed E-state index contributed by atoms with van der Waals surface area (Å²) in [7, 11) is -2.16. The second-order valence-electron chi connectivity index (χ2n) is 21.3. The average molecular weight is 849 g/mol. The minimum Gasteiger partial charge on any atom is -0.413 e. The molecule has 4 aliphatic heterocycles. The van der Waals surface area contributed by atoms with E-state index in [9.17, 15) is 0 Å². The molecule has 0 bridgehead atoms. The van der Waals surface area contributed by atoms with Crippen LogP contribution in [-0.4, -0.2) is 93.5 Å². The molecule has 0 aliphatic carbocycles. The first-order valence-corrected chi connectivity index (χ1v) is 26.0. The van der Waals surface area contributed by atoms with Gasteiger partial charge in [0.2, 0.25) is 0 Å². The van der Waals surface area contributed by atoms with Crippen LogP contribution in [0.5, 0.6) is 0 Å². The predicted octanol–water partition coefficient (Wildman–Crippen LogP) is 11.2. The molecule has 0 saturated carbocycles. The molecule has 340 valence electrons. The Bertz CT molecular complexity index is 1410. The van der Waals surface area contributed by atoms with Crippen LogP contribution < -0.4 is 0 Å². The van der Waals surface area contributed by atoms with E-state index in [2.05, 4.69) is 52.9 Å². The topological polar surface area (TPSA) is 92.3 Å². The summed E-state index contributed by atoms with van der Waals surface area (Å²) in [5.74, 6) is -2.67. The normalized spacial score (nSPS) is 32.7. The molecule has 4 fully saturated rings. The van der Waals surface area contributed by atoms with Crippen LogP contribution in [0.3, 0.4) is 0 Å². The second kappa shape index (κ2) is 20.3. The lowest BCUT2D eigenvalue weighted by molar-refractivity contribution is -0.336. The number of benzene rings is 1. The van der Waals surface area contributed by atoms with Crippen molar-refractivity contribution in [3.8, 4) is 0 Å². The van der Waals surface area contributed by atoms with Crippen LogP contribution in [0.25, 0.3) is 0 Å². The minimum absolute atomic E-state index is 0.00187. The summed E-state index contributed by atoms with van der Waals surface area (Å²) in [6.07, 6.45) is 9.82. The third-order valence-electron chi connectivity index (χ3n) is 12.9. The molecule has 0 radical (unpaired) electrons. The molecular formula is C48H84O10Si. The molecule has 1 aromatic rings. The van der Waals surface area contributed by atoms with Gasteiger partial charge >= 0.3 is 0 Å². The zero-order valence-electron chi connectivity index (χ0n) is 39.6. The van der Waals surface area contributed by atoms with Crippen LogP contribution in [0.4, 0.5) is 0 Å². The van der Waals surface area contributed by atoms with E-state index in [0.29, 0.717) is 19.8 Å². The molecule has 0 amide bonds. The fourth-order valence-electron chi connectivity index (χ4n) is 9.35. The highest BCUT2D eigenvalue weighted by Gasteiger charge is 2.48. The second-order valence-corrected chi connectivity index (χ2v) is 26.1. The van der Waals surface area contributed by atoms with Gasteiger partial charge in [-0.15, -0.1) is 0 Å². The van der Waals surface area contributed by atoms with Crippen LogP contribution >= 0.6 is 0 Å². The smallest absolute Gasteiger partial charge is 0.192 e. The zero-order chi connectivity index (χ0) is 43.3. The molecule has 0 aromatic heterocycles. The van der Waals surface area contributed by atoms with E-state index in [1.54, 1.807) is 0 Å². The fourth-order valence-corrected chi connectivity index (χ4v) is 10.7. The maximum absolute atomic E-state index is 7.37. The summed E-state index contributed by atoms with van der Waals surface area (Å²) >= 11 is 0. The summed E-state index contributed by atoms with van der Waals surface area (Å²) in [5, 5.41) is 0.0595. The lowest BCUT2D eigenvalue weighted by Gasteiger charge is -2.49. The van der Waals surface area contributed by atoms with E-state index >= 15 is 0 Å². The molecular weight excluding hydrogens is 765 g/mol. The molecule has 1 aromatic carbocycles. The number of unbranched alkanes of at least 4 members (excludes halogenated alkanes) is 2. The van der Waals surface area contributed by atoms with Crippen molar-refractivity contribution >= 4 is 8.32 Å². The van der Waals surface area contributed by atoms with Crippen molar-refractivity contribution in [2.45, 2.75) is 250 Å². The molecule has 5 rings (SSSR count). The quantitative estimate of drug-likeness (QED) is 0.105. The van der Waals surface area contributed by atoms with Crippen LogP contribution in [-0.2, 0) is 53.7 Å². The molecule has 4 heterocycles. The van der Waals surface area contributed by atoms with E-state index in [1.165, 1.54) is 18.4 Å². The summed E-state index contributed by atoms with van der Waals surface area (Å²) in [6.45, 7) is 32.0. The Morgan fingerprint density at radius 3 is 1.71 bits per heavy atom. The molecule has 0 unspecified atom stereocenters. The van der Waals surface area contributed by atoms with Crippen molar-refractivity contribution < 1.29 is 47.1 Å². The van der Waals surface area contributed by atoms with E-state index in [4.69, 9.17) is 47.1 Å². The van der Waals surface area contributed by atoms with Gasteiger partial charge in [0.15, 0.2) is 31.5 Å². The molecule has 59 heavy (non-hydrogen) atoms. The third-order valence-corrected chi connectivity index (χ3v) is 17.4. The van der Waals surface area contributed by atoms with E-state index in [1.807, 2.05) is 73.6 Å². The Kier molecular flexibility index (Phi) is 16.8. The summed E-state index contributed by atoms with van der Waals surface area (Å²) in [4.78, 5) is 0. The van der Waals surface area contributed by atoms with Gasteiger partial charge in [-0.2, -0.15) is 0 Å². The Labute approximate surface area is 359 Å². The highest BCUT2D eigenvalue weighted by molar-refractivity contribution is 6.74. The van der Waals surface area contributed by atoms with Crippen LogP contribution in [0.2, 0.25) is 18.1 Å². The van der Waals surface area contributed by atoms with E-state index in [-0.39, 0.29) is 59.8 Å². The van der Waals surface area contributed by atoms with Gasteiger partial charge in [-0.3, -0.25) is 0 Å². The molecule has 4 aliphatic rings. The highest BCUT2D eigenvalue weighted by Crippen LogP contribution is 2.44. The highest BCUT2D eigenvalue weighted by atomic mass is 28.4. The number of hydrogen-bond donors (Lipinski definition) is 0. The summed E-state index contributed by atoms with van der Waals surface area (Å²) < 4.78 is 66.1. The molecule has 9 atom stereocenters. The maximum Gasteiger partial charge on any atom is 0.192 e. The van der Waals surface area contributed by atoms with Gasteiger partial charge in [0, 0.05) is 44.6 Å². The lowest BCUT2D eigenvalue weighted by Crippen LogP contribution is -2.55. The van der Waals surface area contributed by atoms with Gasteiger partial charge in [0.1, 0.15) is 0 Å². The minimum atomic E-state index is -2.16.